The summed E-state index contributed by atoms with van der Waals surface area (Å²) in [5, 5.41) is 0. The number of rotatable bonds is 3. The number of hydrogen-bond donors (Lipinski definition) is 0. The molecule has 2 aromatic rings. The molecule has 5 nitrogen and oxygen atoms in total. The Kier molecular flexibility index (Phi) is 5.08. The largest absolute Gasteiger partial charge is 0.336 e. The fourth-order valence-electron chi connectivity index (χ4n) is 3.71. The Hall–Kier alpha value is -1.79. The molecule has 2 aliphatic rings. The highest BCUT2D eigenvalue weighted by Crippen LogP contribution is 2.23. The van der Waals surface area contributed by atoms with Crippen LogP contribution in [0.5, 0.6) is 0 Å². The van der Waals surface area contributed by atoms with E-state index in [0.29, 0.717) is 0 Å². The van der Waals surface area contributed by atoms with Crippen LogP contribution in [-0.4, -0.2) is 69.0 Å². The predicted molar refractivity (Wildman–Crippen MR) is 101 cm³/mol. The molecule has 0 unspecified atom stereocenters. The summed E-state index contributed by atoms with van der Waals surface area (Å²) in [6.45, 7) is 3.69. The van der Waals surface area contributed by atoms with Gasteiger partial charge in [0.2, 0.25) is 0 Å². The lowest BCUT2D eigenvalue weighted by Gasteiger charge is -2.40. The first-order chi connectivity index (χ1) is 12.3. The third-order valence-electron chi connectivity index (χ3n) is 5.23. The van der Waals surface area contributed by atoms with Crippen molar-refractivity contribution in [3.63, 3.8) is 0 Å². The van der Waals surface area contributed by atoms with Gasteiger partial charge in [-0.3, -0.25) is 9.69 Å². The Bertz CT molecular complexity index is 687. The molecule has 0 aliphatic carbocycles. The van der Waals surface area contributed by atoms with E-state index < -0.39 is 0 Å². The van der Waals surface area contributed by atoms with Crippen molar-refractivity contribution >= 4 is 17.7 Å². The van der Waals surface area contributed by atoms with Crippen molar-refractivity contribution in [2.75, 3.05) is 37.7 Å². The van der Waals surface area contributed by atoms with E-state index in [4.69, 9.17) is 0 Å². The standard InChI is InChI=1S/C19H24N4OS/c24-19(16-1-3-17(4-2-16)23-8-7-20-15-23)22-11-9-21(10-12-22)18-5-13-25-14-6-18/h1-4,7-8,15,18H,5-6,9-14H2. The number of imidazole rings is 1. The predicted octanol–water partition coefficient (Wildman–Crippen LogP) is 2.53. The van der Waals surface area contributed by atoms with E-state index in [0.717, 1.165) is 43.5 Å². The SMILES string of the molecule is O=C(c1ccc(-n2ccnc2)cc1)N1CCN(C2CCSCC2)CC1. The maximum absolute atomic E-state index is 12.8. The van der Waals surface area contributed by atoms with Crippen LogP contribution in [0.3, 0.4) is 0 Å². The van der Waals surface area contributed by atoms with Gasteiger partial charge >= 0.3 is 0 Å². The maximum atomic E-state index is 12.8. The third kappa shape index (κ3) is 3.75. The van der Waals surface area contributed by atoms with Gasteiger partial charge in [-0.1, -0.05) is 0 Å². The van der Waals surface area contributed by atoms with Crippen LogP contribution >= 0.6 is 11.8 Å². The zero-order valence-electron chi connectivity index (χ0n) is 14.4. The second-order valence-electron chi connectivity index (χ2n) is 6.69. The minimum atomic E-state index is 0.149. The van der Waals surface area contributed by atoms with Crippen LogP contribution in [0.15, 0.2) is 43.0 Å². The fourth-order valence-corrected chi connectivity index (χ4v) is 4.79. The molecule has 1 aromatic carbocycles. The van der Waals surface area contributed by atoms with Gasteiger partial charge in [0, 0.05) is 55.9 Å². The molecule has 0 spiro atoms. The molecular weight excluding hydrogens is 332 g/mol. The number of carbonyl (C=O) groups excluding carboxylic acids is 1. The molecule has 1 amide bonds. The van der Waals surface area contributed by atoms with Crippen LogP contribution in [-0.2, 0) is 0 Å². The summed E-state index contributed by atoms with van der Waals surface area (Å²) in [5.74, 6) is 2.72. The van der Waals surface area contributed by atoms with Gasteiger partial charge in [0.25, 0.3) is 5.91 Å². The molecule has 1 aromatic heterocycles. The molecule has 2 fully saturated rings. The highest BCUT2D eigenvalue weighted by Gasteiger charge is 2.27. The average molecular weight is 356 g/mol. The van der Waals surface area contributed by atoms with Gasteiger partial charge in [-0.05, 0) is 48.6 Å². The van der Waals surface area contributed by atoms with Crippen molar-refractivity contribution in [1.29, 1.82) is 0 Å². The van der Waals surface area contributed by atoms with E-state index in [1.165, 1.54) is 24.3 Å². The van der Waals surface area contributed by atoms with Gasteiger partial charge in [0.15, 0.2) is 0 Å². The number of carbonyl (C=O) groups is 1. The normalized spacial score (nSPS) is 19.9. The fraction of sp³-hybridized carbons (Fsp3) is 0.474. The molecular formula is C19H24N4OS. The van der Waals surface area contributed by atoms with Crippen LogP contribution in [0.4, 0.5) is 0 Å². The van der Waals surface area contributed by atoms with Crippen molar-refractivity contribution in [2.24, 2.45) is 0 Å². The number of thioether (sulfide) groups is 1. The number of aromatic nitrogens is 2. The first-order valence-electron chi connectivity index (χ1n) is 9.01. The molecule has 0 bridgehead atoms. The molecule has 0 atom stereocenters. The summed E-state index contributed by atoms with van der Waals surface area (Å²) < 4.78 is 1.94. The Morgan fingerprint density at radius 2 is 1.76 bits per heavy atom. The average Bonchev–Trinajstić information content (AvgIpc) is 3.23. The molecule has 132 valence electrons. The summed E-state index contributed by atoms with van der Waals surface area (Å²) in [7, 11) is 0. The maximum Gasteiger partial charge on any atom is 0.253 e. The lowest BCUT2D eigenvalue weighted by atomic mass is 10.1. The quantitative estimate of drug-likeness (QED) is 0.847. The molecule has 3 heterocycles. The van der Waals surface area contributed by atoms with Crippen molar-refractivity contribution in [2.45, 2.75) is 18.9 Å². The number of benzene rings is 1. The zero-order valence-corrected chi connectivity index (χ0v) is 15.2. The smallest absolute Gasteiger partial charge is 0.253 e. The monoisotopic (exact) mass is 356 g/mol. The summed E-state index contributed by atoms with van der Waals surface area (Å²) in [4.78, 5) is 21.4. The van der Waals surface area contributed by atoms with Crippen LogP contribution < -0.4 is 0 Å². The van der Waals surface area contributed by atoms with Gasteiger partial charge in [0.1, 0.15) is 0 Å². The Balaban J connectivity index is 1.35. The van der Waals surface area contributed by atoms with E-state index in [9.17, 15) is 4.79 Å². The molecule has 0 saturated carbocycles. The van der Waals surface area contributed by atoms with Gasteiger partial charge in [-0.25, -0.2) is 4.98 Å². The van der Waals surface area contributed by atoms with Gasteiger partial charge in [0.05, 0.1) is 6.33 Å². The van der Waals surface area contributed by atoms with E-state index in [1.54, 1.807) is 12.5 Å². The number of amides is 1. The van der Waals surface area contributed by atoms with E-state index >= 15 is 0 Å². The van der Waals surface area contributed by atoms with Crippen LogP contribution in [0.2, 0.25) is 0 Å². The second-order valence-corrected chi connectivity index (χ2v) is 7.91. The van der Waals surface area contributed by atoms with Gasteiger partial charge in [-0.15, -0.1) is 0 Å². The molecule has 2 aliphatic heterocycles. The van der Waals surface area contributed by atoms with Crippen LogP contribution in [0, 0.1) is 0 Å². The topological polar surface area (TPSA) is 41.4 Å². The van der Waals surface area contributed by atoms with Crippen molar-refractivity contribution in [1.82, 2.24) is 19.4 Å². The zero-order chi connectivity index (χ0) is 17.1. The molecule has 0 radical (unpaired) electrons. The summed E-state index contributed by atoms with van der Waals surface area (Å²) in [5.41, 5.74) is 1.79. The summed E-state index contributed by atoms with van der Waals surface area (Å²) in [6, 6.07) is 8.52. The second kappa shape index (κ2) is 7.62. The van der Waals surface area contributed by atoms with Gasteiger partial charge in [-0.2, -0.15) is 11.8 Å². The first-order valence-corrected chi connectivity index (χ1v) is 10.2. The lowest BCUT2D eigenvalue weighted by molar-refractivity contribution is 0.0559. The van der Waals surface area contributed by atoms with Gasteiger partial charge < -0.3 is 9.47 Å². The Labute approximate surface area is 153 Å². The van der Waals surface area contributed by atoms with Crippen molar-refractivity contribution in [3.05, 3.63) is 48.5 Å². The number of nitrogens with zero attached hydrogens (tertiary/aromatic N) is 4. The van der Waals surface area contributed by atoms with Crippen molar-refractivity contribution < 1.29 is 4.79 Å². The lowest BCUT2D eigenvalue weighted by Crippen LogP contribution is -2.52. The molecule has 6 heteroatoms. The van der Waals surface area contributed by atoms with Crippen molar-refractivity contribution in [3.8, 4) is 5.69 Å². The first kappa shape index (κ1) is 16.7. The molecule has 4 rings (SSSR count). The van der Waals surface area contributed by atoms with E-state index in [2.05, 4.69) is 21.6 Å². The van der Waals surface area contributed by atoms with Crippen LogP contribution in [0.1, 0.15) is 23.2 Å². The van der Waals surface area contributed by atoms with E-state index in [-0.39, 0.29) is 5.91 Å². The number of hydrogen-bond acceptors (Lipinski definition) is 4. The van der Waals surface area contributed by atoms with Crippen LogP contribution in [0.25, 0.3) is 5.69 Å². The Morgan fingerprint density at radius 3 is 2.40 bits per heavy atom. The highest BCUT2D eigenvalue weighted by atomic mass is 32.2. The molecule has 2 saturated heterocycles. The summed E-state index contributed by atoms with van der Waals surface area (Å²) >= 11 is 2.07. The third-order valence-corrected chi connectivity index (χ3v) is 6.27. The Morgan fingerprint density at radius 1 is 1.04 bits per heavy atom. The molecule has 0 N–H and O–H groups in total. The minimum Gasteiger partial charge on any atom is -0.336 e. The minimum absolute atomic E-state index is 0.149. The summed E-state index contributed by atoms with van der Waals surface area (Å²) in [6.07, 6.45) is 8.02. The van der Waals surface area contributed by atoms with E-state index in [1.807, 2.05) is 39.9 Å². The number of piperazine rings is 1. The molecule has 25 heavy (non-hydrogen) atoms. The highest BCUT2D eigenvalue weighted by molar-refractivity contribution is 7.99.